The maximum atomic E-state index is 13.8. The molecule has 4 heteroatoms. The molecule has 0 saturated carbocycles. The molecule has 120 valence electrons. The minimum atomic E-state index is -0.604. The quantitative estimate of drug-likeness (QED) is 0.856. The average Bonchev–Trinajstić information content (AvgIpc) is 2.54. The highest BCUT2D eigenvalue weighted by molar-refractivity contribution is 6.33. The highest BCUT2D eigenvalue weighted by Crippen LogP contribution is 2.25. The smallest absolute Gasteiger partial charge is 0.256 e. The van der Waals surface area contributed by atoms with Gasteiger partial charge in [0, 0.05) is 0 Å². The number of aryl methyl sites for hydroxylation is 2. The van der Waals surface area contributed by atoms with Crippen LogP contribution < -0.4 is 5.32 Å². The number of benzene rings is 2. The molecular formula is C19H19ClFNO. The van der Waals surface area contributed by atoms with Crippen molar-refractivity contribution in [3.05, 3.63) is 69.5 Å². The lowest BCUT2D eigenvalue weighted by Gasteiger charge is -2.20. The van der Waals surface area contributed by atoms with Crippen LogP contribution in [0.4, 0.5) is 4.39 Å². The fourth-order valence-corrected chi connectivity index (χ4v) is 3.34. The predicted octanol–water partition coefficient (Wildman–Crippen LogP) is 4.85. The van der Waals surface area contributed by atoms with Crippen LogP contribution in [0.15, 0.2) is 36.4 Å². The molecule has 2 aromatic rings. The lowest BCUT2D eigenvalue weighted by Crippen LogP contribution is -2.28. The minimum Gasteiger partial charge on any atom is -0.345 e. The van der Waals surface area contributed by atoms with Gasteiger partial charge in [-0.1, -0.05) is 35.9 Å². The topological polar surface area (TPSA) is 29.1 Å². The number of fused-ring (bicyclic) bond motifs is 1. The van der Waals surface area contributed by atoms with E-state index in [4.69, 9.17) is 11.6 Å². The first-order chi connectivity index (χ1) is 11.1. The van der Waals surface area contributed by atoms with Crippen molar-refractivity contribution in [3.63, 3.8) is 0 Å². The molecule has 1 amide bonds. The Labute approximate surface area is 140 Å². The molecule has 0 spiro atoms. The Morgan fingerprint density at radius 2 is 1.91 bits per heavy atom. The first-order valence-corrected chi connectivity index (χ1v) is 8.30. The van der Waals surface area contributed by atoms with Gasteiger partial charge in [-0.2, -0.15) is 0 Å². The van der Waals surface area contributed by atoms with Crippen LogP contribution in [0.25, 0.3) is 0 Å². The van der Waals surface area contributed by atoms with E-state index in [1.54, 1.807) is 0 Å². The number of nitrogens with one attached hydrogen (secondary N) is 1. The van der Waals surface area contributed by atoms with Gasteiger partial charge in [0.25, 0.3) is 5.91 Å². The van der Waals surface area contributed by atoms with Gasteiger partial charge in [0.05, 0.1) is 16.6 Å². The van der Waals surface area contributed by atoms with Gasteiger partial charge in [-0.05, 0) is 61.4 Å². The van der Waals surface area contributed by atoms with E-state index in [9.17, 15) is 9.18 Å². The molecule has 0 unspecified atom stereocenters. The lowest BCUT2D eigenvalue weighted by atomic mass is 9.89. The van der Waals surface area contributed by atoms with Crippen molar-refractivity contribution in [2.45, 2.75) is 38.6 Å². The Kier molecular flexibility index (Phi) is 4.67. The second-order valence-corrected chi connectivity index (χ2v) is 6.43. The molecule has 0 heterocycles. The number of carbonyl (C=O) groups excluding carboxylic acids is 1. The number of hydrogen-bond acceptors (Lipinski definition) is 1. The van der Waals surface area contributed by atoms with Crippen LogP contribution in [-0.4, -0.2) is 5.91 Å². The zero-order chi connectivity index (χ0) is 16.4. The molecule has 2 nitrogen and oxygen atoms in total. The van der Waals surface area contributed by atoms with E-state index in [-0.39, 0.29) is 16.6 Å². The predicted molar refractivity (Wildman–Crippen MR) is 90.4 cm³/mol. The molecule has 23 heavy (non-hydrogen) atoms. The Hall–Kier alpha value is -1.87. The van der Waals surface area contributed by atoms with E-state index in [0.29, 0.717) is 0 Å². The Balaban J connectivity index is 1.79. The van der Waals surface area contributed by atoms with Gasteiger partial charge in [-0.25, -0.2) is 4.39 Å². The summed E-state index contributed by atoms with van der Waals surface area (Å²) in [4.78, 5) is 12.3. The minimum absolute atomic E-state index is 0.0982. The van der Waals surface area contributed by atoms with E-state index < -0.39 is 11.7 Å². The van der Waals surface area contributed by atoms with Crippen molar-refractivity contribution in [2.75, 3.05) is 0 Å². The molecule has 2 aromatic carbocycles. The van der Waals surface area contributed by atoms with Gasteiger partial charge in [-0.3, -0.25) is 4.79 Å². The summed E-state index contributed by atoms with van der Waals surface area (Å²) in [5, 5.41) is 2.96. The first-order valence-electron chi connectivity index (χ1n) is 7.93. The molecule has 0 fully saturated rings. The molecule has 0 aromatic heterocycles. The average molecular weight is 332 g/mol. The third-order valence-electron chi connectivity index (χ3n) is 4.41. The maximum Gasteiger partial charge on any atom is 0.256 e. The van der Waals surface area contributed by atoms with Crippen LogP contribution in [0.1, 0.15) is 52.9 Å². The van der Waals surface area contributed by atoms with Gasteiger partial charge in [0.1, 0.15) is 5.82 Å². The molecule has 0 aliphatic heterocycles. The fraction of sp³-hybridized carbons (Fsp3) is 0.316. The third kappa shape index (κ3) is 3.40. The number of carbonyl (C=O) groups is 1. The van der Waals surface area contributed by atoms with Gasteiger partial charge in [-0.15, -0.1) is 0 Å². The van der Waals surface area contributed by atoms with Crippen LogP contribution in [0.3, 0.4) is 0 Å². The van der Waals surface area contributed by atoms with Crippen molar-refractivity contribution in [3.8, 4) is 0 Å². The molecule has 1 atom stereocenters. The fourth-order valence-electron chi connectivity index (χ4n) is 3.09. The largest absolute Gasteiger partial charge is 0.345 e. The second kappa shape index (κ2) is 6.71. The molecule has 0 radical (unpaired) electrons. The summed E-state index contributed by atoms with van der Waals surface area (Å²) in [6.45, 7) is 1.90. The van der Waals surface area contributed by atoms with Gasteiger partial charge < -0.3 is 5.32 Å². The van der Waals surface area contributed by atoms with E-state index in [1.807, 2.05) is 13.0 Å². The van der Waals surface area contributed by atoms with E-state index in [2.05, 4.69) is 17.4 Å². The van der Waals surface area contributed by atoms with E-state index >= 15 is 0 Å². The molecule has 1 aliphatic rings. The summed E-state index contributed by atoms with van der Waals surface area (Å²) in [6, 6.07) is 10.4. The maximum absolute atomic E-state index is 13.8. The van der Waals surface area contributed by atoms with Gasteiger partial charge in [0.15, 0.2) is 0 Å². The van der Waals surface area contributed by atoms with Crippen molar-refractivity contribution in [1.82, 2.24) is 5.32 Å². The molecule has 0 saturated heterocycles. The molecule has 1 aliphatic carbocycles. The van der Waals surface area contributed by atoms with Crippen molar-refractivity contribution >= 4 is 17.5 Å². The number of halogens is 2. The molecule has 1 N–H and O–H groups in total. The molecular weight excluding hydrogens is 313 g/mol. The highest BCUT2D eigenvalue weighted by atomic mass is 35.5. The van der Waals surface area contributed by atoms with Crippen molar-refractivity contribution in [1.29, 1.82) is 0 Å². The summed E-state index contributed by atoms with van der Waals surface area (Å²) < 4.78 is 13.8. The standard InChI is InChI=1S/C19H19ClFNO/c1-12(14-10-9-13-5-2-3-6-15(13)11-14)22-19(23)18-16(20)7-4-8-17(18)21/h4,7-12H,2-3,5-6H2,1H3,(H,22,23)/t12-/m1/s1. The van der Waals surface area contributed by atoms with Gasteiger partial charge >= 0.3 is 0 Å². The summed E-state index contributed by atoms with van der Waals surface area (Å²) in [5.41, 5.74) is 3.69. The molecule has 3 rings (SSSR count). The van der Waals surface area contributed by atoms with Gasteiger partial charge in [0.2, 0.25) is 0 Å². The summed E-state index contributed by atoms with van der Waals surface area (Å²) in [5.74, 6) is -1.09. The Morgan fingerprint density at radius 3 is 2.65 bits per heavy atom. The summed E-state index contributed by atoms with van der Waals surface area (Å²) >= 11 is 5.95. The van der Waals surface area contributed by atoms with Crippen molar-refractivity contribution < 1.29 is 9.18 Å². The van der Waals surface area contributed by atoms with Crippen LogP contribution in [0, 0.1) is 5.82 Å². The number of hydrogen-bond donors (Lipinski definition) is 1. The zero-order valence-electron chi connectivity index (χ0n) is 13.0. The van der Waals surface area contributed by atoms with E-state index in [1.165, 1.54) is 42.2 Å². The van der Waals surface area contributed by atoms with E-state index in [0.717, 1.165) is 18.4 Å². The van der Waals surface area contributed by atoms with Crippen molar-refractivity contribution in [2.24, 2.45) is 0 Å². The van der Waals surface area contributed by atoms with Crippen LogP contribution in [0.5, 0.6) is 0 Å². The second-order valence-electron chi connectivity index (χ2n) is 6.03. The van der Waals surface area contributed by atoms with Crippen LogP contribution in [-0.2, 0) is 12.8 Å². The monoisotopic (exact) mass is 331 g/mol. The third-order valence-corrected chi connectivity index (χ3v) is 4.72. The Morgan fingerprint density at radius 1 is 1.17 bits per heavy atom. The normalized spacial score (nSPS) is 14.9. The zero-order valence-corrected chi connectivity index (χ0v) is 13.8. The van der Waals surface area contributed by atoms with Crippen LogP contribution >= 0.6 is 11.6 Å². The number of rotatable bonds is 3. The SMILES string of the molecule is C[C@@H](NC(=O)c1c(F)cccc1Cl)c1ccc2c(c1)CCCC2. The summed E-state index contributed by atoms with van der Waals surface area (Å²) in [7, 11) is 0. The highest BCUT2D eigenvalue weighted by Gasteiger charge is 2.19. The lowest BCUT2D eigenvalue weighted by molar-refractivity contribution is 0.0936. The molecule has 0 bridgehead atoms. The van der Waals surface area contributed by atoms with Crippen LogP contribution in [0.2, 0.25) is 5.02 Å². The number of amides is 1. The summed E-state index contributed by atoms with van der Waals surface area (Å²) in [6.07, 6.45) is 4.66. The Bertz CT molecular complexity index is 724. The first kappa shape index (κ1) is 16.0.